The Morgan fingerprint density at radius 3 is 2.78 bits per heavy atom. The number of carbonyl (C=O) groups is 2. The molecule has 6 nitrogen and oxygen atoms in total. The van der Waals surface area contributed by atoms with Gasteiger partial charge in [-0.2, -0.15) is 0 Å². The monoisotopic (exact) mass is 352 g/mol. The van der Waals surface area contributed by atoms with Gasteiger partial charge in [-0.25, -0.2) is 0 Å². The van der Waals surface area contributed by atoms with Crippen LogP contribution in [0.4, 0.5) is 0 Å². The summed E-state index contributed by atoms with van der Waals surface area (Å²) in [4.78, 5) is 27.2. The Morgan fingerprint density at radius 2 is 2.17 bits per heavy atom. The van der Waals surface area contributed by atoms with E-state index in [-0.39, 0.29) is 24.1 Å². The third-order valence-electron chi connectivity index (χ3n) is 3.20. The number of thiocarbonyl (C=S) groups is 1. The average molecular weight is 352 g/mol. The Kier molecular flexibility index (Phi) is 5.27. The van der Waals surface area contributed by atoms with Crippen molar-refractivity contribution in [3.8, 4) is 11.5 Å². The highest BCUT2D eigenvalue weighted by Crippen LogP contribution is 2.36. The van der Waals surface area contributed by atoms with E-state index in [0.29, 0.717) is 20.5 Å². The van der Waals surface area contributed by atoms with Crippen LogP contribution in [-0.4, -0.2) is 58.8 Å². The number of ether oxygens (including phenoxy) is 1. The van der Waals surface area contributed by atoms with Gasteiger partial charge in [0, 0.05) is 19.7 Å². The molecule has 0 atom stereocenters. The van der Waals surface area contributed by atoms with Crippen LogP contribution < -0.4 is 4.74 Å². The molecule has 0 spiro atoms. The Labute approximate surface area is 143 Å². The van der Waals surface area contributed by atoms with E-state index < -0.39 is 0 Å². The Bertz CT molecular complexity index is 701. The fourth-order valence-electron chi connectivity index (χ4n) is 1.87. The molecule has 1 aromatic rings. The summed E-state index contributed by atoms with van der Waals surface area (Å²) in [5.41, 5.74) is 0.448. The first-order valence-corrected chi connectivity index (χ1v) is 7.89. The molecule has 0 aromatic heterocycles. The van der Waals surface area contributed by atoms with Gasteiger partial charge in [0.05, 0.1) is 12.0 Å². The molecule has 1 aliphatic heterocycles. The molecule has 0 saturated carbocycles. The lowest BCUT2D eigenvalue weighted by Crippen LogP contribution is -2.38. The number of para-hydroxylation sites is 1. The SMILES string of the molecule is COc1cccc(/C=C2\SC(=S)N(CC(=O)N(C)C)C2=O)c1O. The van der Waals surface area contributed by atoms with Crippen LogP contribution in [0, 0.1) is 0 Å². The number of methoxy groups -OCH3 is 1. The summed E-state index contributed by atoms with van der Waals surface area (Å²) in [7, 11) is 4.68. The second kappa shape index (κ2) is 7.01. The van der Waals surface area contributed by atoms with Gasteiger partial charge < -0.3 is 14.7 Å². The van der Waals surface area contributed by atoms with Crippen molar-refractivity contribution in [2.24, 2.45) is 0 Å². The molecular formula is C15H16N2O4S2. The van der Waals surface area contributed by atoms with Gasteiger partial charge >= 0.3 is 0 Å². The molecule has 1 N–H and O–H groups in total. The van der Waals surface area contributed by atoms with E-state index in [1.54, 1.807) is 32.3 Å². The Balaban J connectivity index is 2.27. The van der Waals surface area contributed by atoms with Gasteiger partial charge in [0.2, 0.25) is 5.91 Å². The van der Waals surface area contributed by atoms with Crippen molar-refractivity contribution in [2.45, 2.75) is 0 Å². The number of phenols is 1. The normalized spacial score (nSPS) is 16.1. The number of amides is 2. The lowest BCUT2D eigenvalue weighted by atomic mass is 10.1. The summed E-state index contributed by atoms with van der Waals surface area (Å²) in [6.07, 6.45) is 1.54. The molecule has 2 rings (SSSR count). The van der Waals surface area contributed by atoms with E-state index in [2.05, 4.69) is 0 Å². The van der Waals surface area contributed by atoms with Crippen LogP contribution in [0.25, 0.3) is 6.08 Å². The molecule has 2 amide bonds. The van der Waals surface area contributed by atoms with Gasteiger partial charge in [-0.05, 0) is 12.1 Å². The number of rotatable bonds is 4. The Hall–Kier alpha value is -2.06. The summed E-state index contributed by atoms with van der Waals surface area (Å²) in [6, 6.07) is 4.99. The second-order valence-electron chi connectivity index (χ2n) is 4.95. The molecule has 8 heteroatoms. The van der Waals surface area contributed by atoms with Gasteiger partial charge in [-0.3, -0.25) is 14.5 Å². The highest BCUT2D eigenvalue weighted by atomic mass is 32.2. The fourth-order valence-corrected chi connectivity index (χ4v) is 3.12. The standard InChI is InChI=1S/C15H16N2O4S2/c1-16(2)12(18)8-17-14(20)11(23-15(17)22)7-9-5-4-6-10(21-3)13(9)19/h4-7,19H,8H2,1-3H3/b11-7-. The van der Waals surface area contributed by atoms with Crippen LogP contribution in [0.15, 0.2) is 23.1 Å². The van der Waals surface area contributed by atoms with Crippen molar-refractivity contribution in [3.63, 3.8) is 0 Å². The molecule has 1 heterocycles. The maximum Gasteiger partial charge on any atom is 0.266 e. The quantitative estimate of drug-likeness (QED) is 0.657. The molecule has 0 bridgehead atoms. The van der Waals surface area contributed by atoms with Crippen molar-refractivity contribution in [2.75, 3.05) is 27.7 Å². The largest absolute Gasteiger partial charge is 0.504 e. The lowest BCUT2D eigenvalue weighted by molar-refractivity contribution is -0.133. The summed E-state index contributed by atoms with van der Waals surface area (Å²) in [5.74, 6) is -0.300. The van der Waals surface area contributed by atoms with Crippen LogP contribution >= 0.6 is 24.0 Å². The number of hydrogen-bond acceptors (Lipinski definition) is 6. The van der Waals surface area contributed by atoms with Crippen molar-refractivity contribution >= 4 is 46.2 Å². The van der Waals surface area contributed by atoms with Crippen molar-refractivity contribution in [1.29, 1.82) is 0 Å². The zero-order valence-corrected chi connectivity index (χ0v) is 14.5. The fraction of sp³-hybridized carbons (Fsp3) is 0.267. The highest BCUT2D eigenvalue weighted by molar-refractivity contribution is 8.26. The van der Waals surface area contributed by atoms with Crippen LogP contribution in [0.2, 0.25) is 0 Å². The van der Waals surface area contributed by atoms with Gasteiger partial charge in [-0.15, -0.1) is 0 Å². The first-order valence-electron chi connectivity index (χ1n) is 6.66. The lowest BCUT2D eigenvalue weighted by Gasteiger charge is -2.17. The predicted molar refractivity (Wildman–Crippen MR) is 93.2 cm³/mol. The smallest absolute Gasteiger partial charge is 0.266 e. The van der Waals surface area contributed by atoms with E-state index in [9.17, 15) is 14.7 Å². The molecule has 0 unspecified atom stereocenters. The third kappa shape index (κ3) is 3.65. The van der Waals surface area contributed by atoms with Crippen molar-refractivity contribution < 1.29 is 19.4 Å². The first-order chi connectivity index (χ1) is 10.8. The van der Waals surface area contributed by atoms with Crippen LogP contribution in [0.5, 0.6) is 11.5 Å². The van der Waals surface area contributed by atoms with E-state index in [1.807, 2.05) is 0 Å². The molecule has 122 valence electrons. The van der Waals surface area contributed by atoms with E-state index in [1.165, 1.54) is 23.0 Å². The number of benzene rings is 1. The van der Waals surface area contributed by atoms with Crippen LogP contribution in [-0.2, 0) is 9.59 Å². The number of likely N-dealkylation sites (N-methyl/N-ethyl adjacent to an activating group) is 1. The number of phenolic OH excluding ortho intramolecular Hbond substituents is 1. The molecule has 1 aliphatic rings. The second-order valence-corrected chi connectivity index (χ2v) is 6.63. The third-order valence-corrected chi connectivity index (χ3v) is 4.58. The minimum absolute atomic E-state index is 0.0513. The number of nitrogens with zero attached hydrogens (tertiary/aromatic N) is 2. The van der Waals surface area contributed by atoms with Gasteiger partial charge in [0.1, 0.15) is 10.9 Å². The summed E-state index contributed by atoms with van der Waals surface area (Å²) in [6.45, 7) is -0.0981. The molecule has 1 aromatic carbocycles. The maximum absolute atomic E-state index is 12.4. The highest BCUT2D eigenvalue weighted by Gasteiger charge is 2.33. The minimum atomic E-state index is -0.350. The van der Waals surface area contributed by atoms with E-state index >= 15 is 0 Å². The summed E-state index contributed by atoms with van der Waals surface area (Å²) in [5, 5.41) is 10.1. The predicted octanol–water partition coefficient (Wildman–Crippen LogP) is 1.69. The summed E-state index contributed by atoms with van der Waals surface area (Å²) < 4.78 is 5.36. The first kappa shape index (κ1) is 17.3. The van der Waals surface area contributed by atoms with E-state index in [4.69, 9.17) is 17.0 Å². The molecule has 0 radical (unpaired) electrons. The zero-order valence-electron chi connectivity index (χ0n) is 12.9. The molecule has 1 fully saturated rings. The van der Waals surface area contributed by atoms with E-state index in [0.717, 1.165) is 11.8 Å². The number of carbonyl (C=O) groups excluding carboxylic acids is 2. The molecule has 23 heavy (non-hydrogen) atoms. The Morgan fingerprint density at radius 1 is 1.48 bits per heavy atom. The van der Waals surface area contributed by atoms with Crippen molar-refractivity contribution in [1.82, 2.24) is 9.80 Å². The van der Waals surface area contributed by atoms with Gasteiger partial charge in [-0.1, -0.05) is 36.1 Å². The average Bonchev–Trinajstić information content (AvgIpc) is 2.76. The number of thioether (sulfide) groups is 1. The minimum Gasteiger partial charge on any atom is -0.504 e. The van der Waals surface area contributed by atoms with Gasteiger partial charge in [0.15, 0.2) is 11.5 Å². The number of hydrogen-bond donors (Lipinski definition) is 1. The number of aromatic hydroxyl groups is 1. The molecular weight excluding hydrogens is 336 g/mol. The van der Waals surface area contributed by atoms with Crippen LogP contribution in [0.3, 0.4) is 0 Å². The van der Waals surface area contributed by atoms with Gasteiger partial charge in [0.25, 0.3) is 5.91 Å². The maximum atomic E-state index is 12.4. The zero-order chi connectivity index (χ0) is 17.1. The molecule has 0 aliphatic carbocycles. The van der Waals surface area contributed by atoms with Crippen LogP contribution in [0.1, 0.15) is 5.56 Å². The summed E-state index contributed by atoms with van der Waals surface area (Å²) >= 11 is 6.27. The molecule has 1 saturated heterocycles. The topological polar surface area (TPSA) is 70.1 Å². The van der Waals surface area contributed by atoms with Crippen molar-refractivity contribution in [3.05, 3.63) is 28.7 Å².